The first-order valence-corrected chi connectivity index (χ1v) is 7.88. The van der Waals surface area contributed by atoms with Gasteiger partial charge in [-0.3, -0.25) is 0 Å². The second-order valence-electron chi connectivity index (χ2n) is 6.09. The highest BCUT2D eigenvalue weighted by Crippen LogP contribution is 2.39. The average Bonchev–Trinajstić information content (AvgIpc) is 3.24. The summed E-state index contributed by atoms with van der Waals surface area (Å²) in [5.41, 5.74) is 6.08. The molecule has 0 aromatic heterocycles. The van der Waals surface area contributed by atoms with Gasteiger partial charge in [0.15, 0.2) is 0 Å². The molecule has 0 N–H and O–H groups in total. The zero-order valence-corrected chi connectivity index (χ0v) is 12.2. The van der Waals surface area contributed by atoms with Crippen LogP contribution in [0.2, 0.25) is 0 Å². The van der Waals surface area contributed by atoms with Crippen molar-refractivity contribution >= 4 is 0 Å². The summed E-state index contributed by atoms with van der Waals surface area (Å²) in [5, 5.41) is 0. The smallest absolute Gasteiger partial charge is 0.0444 e. The maximum Gasteiger partial charge on any atom is 0.0444 e. The van der Waals surface area contributed by atoms with Crippen LogP contribution in [0, 0.1) is 0 Å². The Hall–Kier alpha value is -1.70. The second-order valence-corrected chi connectivity index (χ2v) is 6.09. The van der Waals surface area contributed by atoms with Gasteiger partial charge in [-0.2, -0.15) is 0 Å². The SMILES string of the molecule is CCC1CCC(C2=CC=C(N3CC3)C2)=C2C=CC=CN21. The van der Waals surface area contributed by atoms with Crippen LogP contribution in [0.1, 0.15) is 32.6 Å². The van der Waals surface area contributed by atoms with Gasteiger partial charge in [0.1, 0.15) is 0 Å². The largest absolute Gasteiger partial charge is 0.371 e. The fraction of sp³-hybridized carbons (Fsp3) is 0.444. The van der Waals surface area contributed by atoms with Crippen molar-refractivity contribution in [3.05, 3.63) is 59.1 Å². The maximum atomic E-state index is 2.50. The molecule has 1 aliphatic carbocycles. The fourth-order valence-electron chi connectivity index (χ4n) is 3.61. The molecule has 0 spiro atoms. The van der Waals surface area contributed by atoms with Gasteiger partial charge >= 0.3 is 0 Å². The summed E-state index contributed by atoms with van der Waals surface area (Å²) in [7, 11) is 0. The number of fused-ring (bicyclic) bond motifs is 1. The summed E-state index contributed by atoms with van der Waals surface area (Å²) in [4.78, 5) is 4.97. The Kier molecular flexibility index (Phi) is 2.83. The Bertz CT molecular complexity index is 570. The molecule has 2 heteroatoms. The molecule has 1 atom stereocenters. The lowest BCUT2D eigenvalue weighted by atomic mass is 9.88. The van der Waals surface area contributed by atoms with Crippen molar-refractivity contribution in [2.75, 3.05) is 13.1 Å². The molecule has 0 aromatic carbocycles. The third-order valence-corrected chi connectivity index (χ3v) is 4.88. The first-order valence-electron chi connectivity index (χ1n) is 7.88. The summed E-state index contributed by atoms with van der Waals surface area (Å²) in [6.07, 6.45) is 18.5. The topological polar surface area (TPSA) is 6.25 Å². The van der Waals surface area contributed by atoms with E-state index in [4.69, 9.17) is 0 Å². The van der Waals surface area contributed by atoms with Crippen molar-refractivity contribution < 1.29 is 0 Å². The second kappa shape index (κ2) is 4.69. The van der Waals surface area contributed by atoms with E-state index in [1.54, 1.807) is 11.1 Å². The van der Waals surface area contributed by atoms with Crippen LogP contribution in [0.25, 0.3) is 0 Å². The molecule has 1 saturated heterocycles. The van der Waals surface area contributed by atoms with Crippen molar-refractivity contribution in [1.82, 2.24) is 9.80 Å². The molecule has 0 saturated carbocycles. The van der Waals surface area contributed by atoms with Crippen LogP contribution in [-0.4, -0.2) is 28.9 Å². The average molecular weight is 266 g/mol. The van der Waals surface area contributed by atoms with Crippen LogP contribution in [-0.2, 0) is 0 Å². The van der Waals surface area contributed by atoms with Gasteiger partial charge in [-0.1, -0.05) is 19.1 Å². The lowest BCUT2D eigenvalue weighted by Gasteiger charge is -2.38. The van der Waals surface area contributed by atoms with E-state index >= 15 is 0 Å². The Morgan fingerprint density at radius 1 is 1.20 bits per heavy atom. The molecule has 1 fully saturated rings. The Morgan fingerprint density at radius 3 is 2.90 bits per heavy atom. The zero-order chi connectivity index (χ0) is 13.5. The molecule has 2 nitrogen and oxygen atoms in total. The molecule has 0 bridgehead atoms. The Labute approximate surface area is 121 Å². The van der Waals surface area contributed by atoms with Crippen molar-refractivity contribution in [2.24, 2.45) is 0 Å². The molecule has 3 aliphatic heterocycles. The minimum absolute atomic E-state index is 0.677. The van der Waals surface area contributed by atoms with Gasteiger partial charge in [0.2, 0.25) is 0 Å². The normalized spacial score (nSPS) is 27.8. The predicted molar refractivity (Wildman–Crippen MR) is 82.8 cm³/mol. The van der Waals surface area contributed by atoms with E-state index in [9.17, 15) is 0 Å². The molecule has 0 aromatic rings. The predicted octanol–water partition coefficient (Wildman–Crippen LogP) is 3.73. The summed E-state index contributed by atoms with van der Waals surface area (Å²) < 4.78 is 0. The highest BCUT2D eigenvalue weighted by atomic mass is 15.3. The van der Waals surface area contributed by atoms with Gasteiger partial charge in [-0.15, -0.1) is 0 Å². The standard InChI is InChI=1S/C18H22N2/c1-2-15-8-9-17(18-5-3-4-10-20(15)18)14-6-7-16(13-14)19-11-12-19/h3-7,10,15H,2,8-9,11-13H2,1H3. The maximum absolute atomic E-state index is 2.50. The molecule has 0 radical (unpaired) electrons. The van der Waals surface area contributed by atoms with Gasteiger partial charge in [-0.05, 0) is 48.6 Å². The van der Waals surface area contributed by atoms with E-state index in [1.807, 2.05) is 0 Å². The van der Waals surface area contributed by atoms with Crippen LogP contribution in [0.5, 0.6) is 0 Å². The summed E-state index contributed by atoms with van der Waals surface area (Å²) >= 11 is 0. The quantitative estimate of drug-likeness (QED) is 0.718. The number of allylic oxidation sites excluding steroid dienone is 7. The van der Waals surface area contributed by atoms with Gasteiger partial charge in [0, 0.05) is 43.1 Å². The molecule has 4 rings (SSSR count). The summed E-state index contributed by atoms with van der Waals surface area (Å²) in [5.74, 6) is 0. The molecule has 104 valence electrons. The number of rotatable bonds is 3. The van der Waals surface area contributed by atoms with E-state index < -0.39 is 0 Å². The number of hydrogen-bond donors (Lipinski definition) is 0. The number of nitrogens with zero attached hydrogens (tertiary/aromatic N) is 2. The Balaban J connectivity index is 1.62. The van der Waals surface area contributed by atoms with Crippen LogP contribution in [0.4, 0.5) is 0 Å². The molecular formula is C18H22N2. The van der Waals surface area contributed by atoms with Crippen LogP contribution < -0.4 is 0 Å². The summed E-state index contributed by atoms with van der Waals surface area (Å²) in [6, 6.07) is 0.677. The zero-order valence-electron chi connectivity index (χ0n) is 12.2. The molecule has 1 unspecified atom stereocenters. The molecule has 20 heavy (non-hydrogen) atoms. The van der Waals surface area contributed by atoms with E-state index in [-0.39, 0.29) is 0 Å². The molecule has 3 heterocycles. The third-order valence-electron chi connectivity index (χ3n) is 4.88. The minimum atomic E-state index is 0.677. The van der Waals surface area contributed by atoms with Crippen molar-refractivity contribution in [2.45, 2.75) is 38.6 Å². The van der Waals surface area contributed by atoms with Gasteiger partial charge in [-0.25, -0.2) is 0 Å². The van der Waals surface area contributed by atoms with Crippen molar-refractivity contribution in [1.29, 1.82) is 0 Å². The molecule has 0 amide bonds. The molecule has 4 aliphatic rings. The highest BCUT2D eigenvalue weighted by molar-refractivity contribution is 5.50. The lowest BCUT2D eigenvalue weighted by Crippen LogP contribution is -2.34. The van der Waals surface area contributed by atoms with E-state index in [0.717, 1.165) is 6.42 Å². The van der Waals surface area contributed by atoms with Gasteiger partial charge in [0.25, 0.3) is 0 Å². The van der Waals surface area contributed by atoms with Gasteiger partial charge < -0.3 is 9.80 Å². The van der Waals surface area contributed by atoms with E-state index in [1.165, 1.54) is 43.7 Å². The fourth-order valence-corrected chi connectivity index (χ4v) is 3.61. The first-order chi connectivity index (χ1) is 9.86. The van der Waals surface area contributed by atoms with E-state index in [0.29, 0.717) is 6.04 Å². The Morgan fingerprint density at radius 2 is 2.10 bits per heavy atom. The monoisotopic (exact) mass is 266 g/mol. The van der Waals surface area contributed by atoms with Crippen LogP contribution in [0.15, 0.2) is 59.1 Å². The lowest BCUT2D eigenvalue weighted by molar-refractivity contribution is 0.295. The minimum Gasteiger partial charge on any atom is -0.371 e. The summed E-state index contributed by atoms with van der Waals surface area (Å²) in [6.45, 7) is 4.81. The number of hydrogen-bond acceptors (Lipinski definition) is 2. The first kappa shape index (κ1) is 12.1. The molecular weight excluding hydrogens is 244 g/mol. The van der Waals surface area contributed by atoms with Crippen LogP contribution in [0.3, 0.4) is 0 Å². The van der Waals surface area contributed by atoms with Gasteiger partial charge in [0.05, 0.1) is 0 Å². The van der Waals surface area contributed by atoms with Crippen molar-refractivity contribution in [3.8, 4) is 0 Å². The van der Waals surface area contributed by atoms with E-state index in [2.05, 4.69) is 53.3 Å². The highest BCUT2D eigenvalue weighted by Gasteiger charge is 2.30. The van der Waals surface area contributed by atoms with Crippen LogP contribution >= 0.6 is 0 Å². The third kappa shape index (κ3) is 1.94. The van der Waals surface area contributed by atoms with Crippen molar-refractivity contribution in [3.63, 3.8) is 0 Å².